The third-order valence-electron chi connectivity index (χ3n) is 14.6. The molecule has 6 aromatic heterocycles. The molecule has 2 aliphatic rings. The third-order valence-corrected chi connectivity index (χ3v) is 18.4. The van der Waals surface area contributed by atoms with E-state index in [4.69, 9.17) is 18.9 Å². The molecule has 0 saturated carbocycles. The molecule has 2 N–H and O–H groups in total. The van der Waals surface area contributed by atoms with Crippen LogP contribution in [0.5, 0.6) is 23.3 Å². The number of fused-ring (bicyclic) bond motifs is 5. The summed E-state index contributed by atoms with van der Waals surface area (Å²) >= 11 is 3.27. The third kappa shape index (κ3) is 16.6. The van der Waals surface area contributed by atoms with Crippen LogP contribution in [-0.2, 0) is 45.4 Å². The van der Waals surface area contributed by atoms with Gasteiger partial charge in [-0.2, -0.15) is 0 Å². The van der Waals surface area contributed by atoms with Gasteiger partial charge in [0.2, 0.25) is 11.8 Å². The molecule has 19 nitrogen and oxygen atoms in total. The van der Waals surface area contributed by atoms with E-state index in [0.29, 0.717) is 123 Å². The molecule has 438 valence electrons. The first-order valence-corrected chi connectivity index (χ1v) is 36.5. The number of Topliss-reactive ketones (excluding diaryl/α,β-unsaturated/α-hetero) is 2. The van der Waals surface area contributed by atoms with E-state index < -0.39 is 16.1 Å². The summed E-state index contributed by atoms with van der Waals surface area (Å²) in [5, 5.41) is 2.95. The highest BCUT2D eigenvalue weighted by Crippen LogP contribution is 2.40. The summed E-state index contributed by atoms with van der Waals surface area (Å²) in [6.07, 6.45) is 17.3. The summed E-state index contributed by atoms with van der Waals surface area (Å²) in [6, 6.07) is 14.2. The van der Waals surface area contributed by atoms with E-state index in [0.717, 1.165) is 63.4 Å². The number of nitrogens with zero attached hydrogens (tertiary/aromatic N) is 8. The number of aromatic amines is 1. The summed E-state index contributed by atoms with van der Waals surface area (Å²) in [6.45, 7) is 23.3. The van der Waals surface area contributed by atoms with Gasteiger partial charge >= 0.3 is 0 Å². The molecule has 0 unspecified atom stereocenters. The van der Waals surface area contributed by atoms with Crippen LogP contribution in [0.4, 0.5) is 0 Å². The van der Waals surface area contributed by atoms with Gasteiger partial charge in [-0.15, -0.1) is 0 Å². The number of halogens is 1. The monoisotopic (exact) mass is 1230 g/mol. The number of benzene rings is 2. The molecule has 0 radical (unpaired) electrons. The van der Waals surface area contributed by atoms with Crippen molar-refractivity contribution in [3.8, 4) is 23.3 Å². The van der Waals surface area contributed by atoms with Gasteiger partial charge in [-0.25, -0.2) is 29.9 Å². The molecule has 0 saturated heterocycles. The number of hydrogen-bond donors (Lipinski definition) is 2. The van der Waals surface area contributed by atoms with Crippen molar-refractivity contribution < 1.29 is 42.9 Å². The number of aryl methyl sites for hydroxylation is 2. The van der Waals surface area contributed by atoms with Crippen molar-refractivity contribution >= 4 is 95.6 Å². The second-order valence-corrected chi connectivity index (χ2v) is 35.9. The van der Waals surface area contributed by atoms with Crippen LogP contribution >= 0.6 is 15.9 Å². The van der Waals surface area contributed by atoms with Gasteiger partial charge in [0.1, 0.15) is 57.7 Å². The van der Waals surface area contributed by atoms with E-state index in [2.05, 4.69) is 95.4 Å². The number of carbonyl (C=O) groups is 5. The smallest absolute Gasteiger partial charge is 0.255 e. The topological polar surface area (TPSA) is 237 Å². The van der Waals surface area contributed by atoms with Crippen molar-refractivity contribution in [2.75, 3.05) is 13.2 Å². The Morgan fingerprint density at radius 3 is 1.67 bits per heavy atom. The maximum absolute atomic E-state index is 12.5. The van der Waals surface area contributed by atoms with Crippen molar-refractivity contribution in [3.05, 3.63) is 117 Å². The second kappa shape index (κ2) is 27.5. The lowest BCUT2D eigenvalue weighted by Gasteiger charge is -2.15. The number of rotatable bonds is 23. The number of nitrogens with one attached hydrogen (secondary N) is 2. The van der Waals surface area contributed by atoms with Crippen LogP contribution in [-0.4, -0.2) is 109 Å². The Bertz CT molecular complexity index is 3640. The van der Waals surface area contributed by atoms with Gasteiger partial charge in [-0.1, -0.05) is 58.3 Å². The van der Waals surface area contributed by atoms with Crippen LogP contribution < -0.4 is 14.8 Å². The fourth-order valence-corrected chi connectivity index (χ4v) is 11.8. The van der Waals surface area contributed by atoms with Gasteiger partial charge < -0.3 is 48.0 Å². The Hall–Kier alpha value is -7.12. The zero-order valence-corrected chi connectivity index (χ0v) is 52.7. The Kier molecular flexibility index (Phi) is 20.5. The number of amides is 1. The van der Waals surface area contributed by atoms with Crippen LogP contribution in [0, 0.1) is 0 Å². The van der Waals surface area contributed by atoms with Crippen LogP contribution in [0.2, 0.25) is 51.4 Å². The predicted octanol–water partition coefficient (Wildman–Crippen LogP) is 13.0. The molecule has 6 heterocycles. The number of aromatic nitrogens is 9. The Morgan fingerprint density at radius 2 is 1.19 bits per heavy atom. The van der Waals surface area contributed by atoms with Crippen LogP contribution in [0.3, 0.4) is 0 Å². The average Bonchev–Trinajstić information content (AvgIpc) is 4.45. The number of carbonyl (C=O) groups excluding carboxylic acids is 5. The minimum absolute atomic E-state index is 0.0769. The van der Waals surface area contributed by atoms with E-state index in [9.17, 15) is 24.0 Å². The second-order valence-electron chi connectivity index (χ2n) is 23.9. The number of hydrogen-bond acceptors (Lipinski definition) is 15. The molecular weight excluding hydrogens is 1150 g/mol. The molecule has 1 amide bonds. The lowest BCUT2D eigenvalue weighted by atomic mass is 9.96. The first kappa shape index (κ1) is 61.9. The summed E-state index contributed by atoms with van der Waals surface area (Å²) in [5.74, 6) is 2.86. The van der Waals surface area contributed by atoms with E-state index >= 15 is 0 Å². The van der Waals surface area contributed by atoms with E-state index in [1.807, 2.05) is 59.4 Å². The van der Waals surface area contributed by atoms with Gasteiger partial charge in [0.05, 0.1) is 35.3 Å². The van der Waals surface area contributed by atoms with Crippen molar-refractivity contribution in [2.45, 2.75) is 155 Å². The predicted molar refractivity (Wildman–Crippen MR) is 329 cm³/mol. The molecule has 0 bridgehead atoms. The highest BCUT2D eigenvalue weighted by molar-refractivity contribution is 9.10. The Labute approximate surface area is 494 Å². The number of aldehydes is 2. The molecule has 0 fully saturated rings. The lowest BCUT2D eigenvalue weighted by Crippen LogP contribution is -2.31. The minimum atomic E-state index is -1.16. The molecule has 8 aromatic rings. The lowest BCUT2D eigenvalue weighted by molar-refractivity contribution is -0.118. The van der Waals surface area contributed by atoms with Crippen molar-refractivity contribution in [1.82, 2.24) is 49.3 Å². The molecular formula is C61H75BrN10O9Si2. The van der Waals surface area contributed by atoms with Gasteiger partial charge in [0.25, 0.3) is 5.91 Å². The maximum atomic E-state index is 12.5. The van der Waals surface area contributed by atoms with E-state index in [-0.39, 0.29) is 23.5 Å². The van der Waals surface area contributed by atoms with Crippen molar-refractivity contribution in [2.24, 2.45) is 0 Å². The van der Waals surface area contributed by atoms with Gasteiger partial charge in [0.15, 0.2) is 29.5 Å². The molecule has 2 aliphatic carbocycles. The number of ether oxygens (including phenoxy) is 4. The first-order valence-electron chi connectivity index (χ1n) is 28.3. The summed E-state index contributed by atoms with van der Waals surface area (Å²) in [5.41, 5.74) is 9.70. The zero-order valence-electron chi connectivity index (χ0n) is 49.1. The highest BCUT2D eigenvalue weighted by Gasteiger charge is 2.26. The molecule has 22 heteroatoms. The first-order chi connectivity index (χ1) is 39.6. The number of H-pyrrole nitrogens is 1. The minimum Gasteiger partial charge on any atom is -0.437 e. The standard InChI is InChI=1S/C25H31N3O4Si.C23H26N4O3.C13H18BrN3O2Si/c1-17(30)11-18-5-6-19-12-21(7-8-22(18)19)32-23-13-26-25-24(27-23)20(15-29)14-28(25)16-31-9-10-33(2,3)4;1-4-13(2)26-23(29)19-11-24-22-21(19)27-20(12-25-22)30-17-7-8-18-15(9-14(3)28)5-6-16(18)10-17;1-20(2,3)5-4-19-9-17-7-10(8-18)12-13(17)15-6-11(14)16-12/h7-8,12-15,18H,5-6,9-11,16H2,1-4H3;7-8,10-13,15H,4-6,9H2,1-3H3,(H,24,25)(H,26,29);6-8H,4-5,9H2,1-3H3/t18-;13-,15-;/m00./s1. The summed E-state index contributed by atoms with van der Waals surface area (Å²) in [7, 11) is -2.25. The fraction of sp³-hybridized carbons (Fsp3) is 0.426. The molecule has 0 spiro atoms. The molecule has 3 atom stereocenters. The molecule has 10 rings (SSSR count). The van der Waals surface area contributed by atoms with Crippen LogP contribution in [0.15, 0.2) is 78.2 Å². The van der Waals surface area contributed by atoms with Gasteiger partial charge in [-0.3, -0.25) is 14.4 Å². The molecule has 0 aliphatic heterocycles. The summed E-state index contributed by atoms with van der Waals surface area (Å²) < 4.78 is 27.7. The zero-order chi connectivity index (χ0) is 59.6. The number of ketones is 2. The van der Waals surface area contributed by atoms with Crippen molar-refractivity contribution in [1.29, 1.82) is 0 Å². The van der Waals surface area contributed by atoms with Crippen LogP contribution in [0.25, 0.3) is 33.5 Å². The van der Waals surface area contributed by atoms with Gasteiger partial charge in [0, 0.05) is 66.8 Å². The van der Waals surface area contributed by atoms with E-state index in [1.54, 1.807) is 51.0 Å². The summed E-state index contributed by atoms with van der Waals surface area (Å²) in [4.78, 5) is 87.7. The Balaban J connectivity index is 0.000000168. The SMILES string of the molecule is CC(=O)C[C@@H]1CCc2cc(Oc3cnc4c(n3)c(C=O)cn4COCC[Si](C)(C)C)ccc21.CC[C@H](C)NC(=O)c1c[nH]c2ncc(Oc3ccc4c(c3)CC[C@H]4CC(C)=O)nc12.C[Si](C)(C)CCOCn1cc(C=O)c2nc(Br)cnc21. The van der Waals surface area contributed by atoms with Crippen LogP contribution in [0.1, 0.15) is 125 Å². The molecule has 2 aromatic carbocycles. The highest BCUT2D eigenvalue weighted by atomic mass is 79.9. The largest absolute Gasteiger partial charge is 0.437 e. The molecule has 83 heavy (non-hydrogen) atoms. The Morgan fingerprint density at radius 1 is 0.711 bits per heavy atom. The average molecular weight is 1230 g/mol. The maximum Gasteiger partial charge on any atom is 0.255 e. The van der Waals surface area contributed by atoms with Gasteiger partial charge in [-0.05, 0) is 139 Å². The quantitative estimate of drug-likeness (QED) is 0.0344. The fourth-order valence-electron chi connectivity index (χ4n) is 9.97. The van der Waals surface area contributed by atoms with Crippen molar-refractivity contribution in [3.63, 3.8) is 0 Å². The normalized spacial score (nSPS) is 15.0. The van der Waals surface area contributed by atoms with E-state index in [1.165, 1.54) is 22.3 Å².